The maximum atomic E-state index is 12.6. The molecule has 3 rings (SSSR count). The molecule has 0 aliphatic heterocycles. The molecule has 0 saturated heterocycles. The molecule has 2 heterocycles. The van der Waals surface area contributed by atoms with Gasteiger partial charge >= 0.3 is 0 Å². The van der Waals surface area contributed by atoms with Crippen LogP contribution in [-0.2, 0) is 0 Å². The molecular formula is C20H23N7O4. The maximum Gasteiger partial charge on any atom is 0.290 e. The van der Waals surface area contributed by atoms with E-state index in [2.05, 4.69) is 30.8 Å². The van der Waals surface area contributed by atoms with Gasteiger partial charge in [0.25, 0.3) is 17.4 Å². The van der Waals surface area contributed by atoms with Crippen LogP contribution in [0.25, 0.3) is 5.95 Å². The van der Waals surface area contributed by atoms with E-state index >= 15 is 0 Å². The average Bonchev–Trinajstić information content (AvgIpc) is 3.12. The number of methoxy groups -OCH3 is 1. The number of nitrogens with one attached hydrogen (secondary N) is 2. The van der Waals surface area contributed by atoms with Gasteiger partial charge in [-0.25, -0.2) is 5.43 Å². The zero-order valence-corrected chi connectivity index (χ0v) is 17.8. The van der Waals surface area contributed by atoms with Gasteiger partial charge in [-0.1, -0.05) is 0 Å². The summed E-state index contributed by atoms with van der Waals surface area (Å²) >= 11 is 0. The third kappa shape index (κ3) is 5.13. The highest BCUT2D eigenvalue weighted by Gasteiger charge is 2.17. The molecule has 0 bridgehead atoms. The molecule has 0 fully saturated rings. The normalized spacial score (nSPS) is 11.2. The Hall–Kier alpha value is -4.02. The summed E-state index contributed by atoms with van der Waals surface area (Å²) in [4.78, 5) is 27.0. The maximum absolute atomic E-state index is 12.6. The van der Waals surface area contributed by atoms with E-state index in [0.717, 1.165) is 0 Å². The highest BCUT2D eigenvalue weighted by Crippen LogP contribution is 2.28. The number of hydrogen-bond donors (Lipinski definition) is 2. The van der Waals surface area contributed by atoms with Crippen LogP contribution in [0.2, 0.25) is 0 Å². The molecular weight excluding hydrogens is 402 g/mol. The Balaban J connectivity index is 1.78. The van der Waals surface area contributed by atoms with Crippen LogP contribution >= 0.6 is 0 Å². The number of benzene rings is 1. The van der Waals surface area contributed by atoms with Crippen LogP contribution < -0.4 is 20.5 Å². The van der Waals surface area contributed by atoms with Crippen LogP contribution in [0.3, 0.4) is 0 Å². The van der Waals surface area contributed by atoms with Crippen LogP contribution in [0, 0.1) is 13.8 Å². The van der Waals surface area contributed by atoms with Gasteiger partial charge in [0.15, 0.2) is 11.5 Å². The quantitative estimate of drug-likeness (QED) is 0.433. The predicted octanol–water partition coefficient (Wildman–Crippen LogP) is 1.53. The van der Waals surface area contributed by atoms with Gasteiger partial charge in [0.05, 0.1) is 25.1 Å². The van der Waals surface area contributed by atoms with Crippen LogP contribution in [0.5, 0.6) is 11.5 Å². The molecule has 0 aliphatic carbocycles. The molecule has 0 saturated carbocycles. The van der Waals surface area contributed by atoms with E-state index in [-0.39, 0.29) is 23.4 Å². The summed E-state index contributed by atoms with van der Waals surface area (Å²) in [5, 5.41) is 15.8. The summed E-state index contributed by atoms with van der Waals surface area (Å²) < 4.78 is 12.2. The molecule has 1 aromatic carbocycles. The Labute approximate surface area is 178 Å². The number of hydrazone groups is 1. The lowest BCUT2D eigenvalue weighted by atomic mass is 10.2. The van der Waals surface area contributed by atoms with Crippen molar-refractivity contribution in [1.29, 1.82) is 0 Å². The van der Waals surface area contributed by atoms with Crippen molar-refractivity contribution in [2.24, 2.45) is 5.10 Å². The van der Waals surface area contributed by atoms with E-state index in [4.69, 9.17) is 9.47 Å². The SMILES string of the molecule is COc1cc(/C=N\NC(=O)c2cc(C)nn2-c2nnc(C)c(=O)[nH]2)ccc1OC(C)C. The first-order valence-corrected chi connectivity index (χ1v) is 9.47. The van der Waals surface area contributed by atoms with Crippen LogP contribution in [-0.4, -0.2) is 50.3 Å². The Morgan fingerprint density at radius 2 is 2.00 bits per heavy atom. The van der Waals surface area contributed by atoms with Gasteiger partial charge in [-0.05, 0) is 57.5 Å². The first kappa shape index (κ1) is 21.7. The zero-order valence-electron chi connectivity index (χ0n) is 17.8. The Kier molecular flexibility index (Phi) is 6.43. The van der Waals surface area contributed by atoms with Gasteiger partial charge in [-0.3, -0.25) is 14.6 Å². The van der Waals surface area contributed by atoms with E-state index in [1.165, 1.54) is 17.8 Å². The fraction of sp³-hybridized carbons (Fsp3) is 0.300. The molecule has 0 spiro atoms. The first-order valence-electron chi connectivity index (χ1n) is 9.47. The molecule has 31 heavy (non-hydrogen) atoms. The molecule has 11 nitrogen and oxygen atoms in total. The van der Waals surface area contributed by atoms with Crippen molar-refractivity contribution in [3.63, 3.8) is 0 Å². The number of H-pyrrole nitrogens is 1. The fourth-order valence-corrected chi connectivity index (χ4v) is 2.64. The van der Waals surface area contributed by atoms with E-state index < -0.39 is 11.5 Å². The zero-order chi connectivity index (χ0) is 22.5. The molecule has 11 heteroatoms. The second-order valence-electron chi connectivity index (χ2n) is 6.92. The van der Waals surface area contributed by atoms with Crippen molar-refractivity contribution in [3.8, 4) is 17.4 Å². The summed E-state index contributed by atoms with van der Waals surface area (Å²) in [5.41, 5.74) is 3.63. The summed E-state index contributed by atoms with van der Waals surface area (Å²) in [6.45, 7) is 7.09. The topological polar surface area (TPSA) is 136 Å². The van der Waals surface area contributed by atoms with E-state index in [1.54, 1.807) is 38.3 Å². The number of aryl methyl sites for hydroxylation is 2. The minimum Gasteiger partial charge on any atom is -0.493 e. The van der Waals surface area contributed by atoms with Crippen molar-refractivity contribution in [2.45, 2.75) is 33.8 Å². The first-order chi connectivity index (χ1) is 14.8. The number of carbonyl (C=O) groups excluding carboxylic acids is 1. The van der Waals surface area contributed by atoms with Gasteiger partial charge in [-0.2, -0.15) is 14.9 Å². The number of hydrogen-bond acceptors (Lipinski definition) is 8. The van der Waals surface area contributed by atoms with Crippen LogP contribution in [0.4, 0.5) is 0 Å². The van der Waals surface area contributed by atoms with Crippen LogP contribution in [0.15, 0.2) is 34.2 Å². The van der Waals surface area contributed by atoms with Gasteiger partial charge in [0.2, 0.25) is 0 Å². The Morgan fingerprint density at radius 3 is 2.68 bits per heavy atom. The lowest BCUT2D eigenvalue weighted by Crippen LogP contribution is -2.24. The third-order valence-electron chi connectivity index (χ3n) is 4.04. The highest BCUT2D eigenvalue weighted by molar-refractivity contribution is 5.94. The second-order valence-corrected chi connectivity index (χ2v) is 6.92. The largest absolute Gasteiger partial charge is 0.493 e. The summed E-state index contributed by atoms with van der Waals surface area (Å²) in [6, 6.07) is 6.85. The van der Waals surface area contributed by atoms with Crippen molar-refractivity contribution in [3.05, 3.63) is 57.3 Å². The average molecular weight is 425 g/mol. The number of nitrogens with zero attached hydrogens (tertiary/aromatic N) is 5. The molecule has 2 N–H and O–H groups in total. The molecule has 1 amide bonds. The van der Waals surface area contributed by atoms with Gasteiger partial charge in [-0.15, -0.1) is 10.2 Å². The standard InChI is InChI=1S/C20H23N7O4/c1-11(2)31-16-7-6-14(9-17(16)30-5)10-21-24-19(29)15-8-12(3)26-27(15)20-22-18(28)13(4)23-25-20/h6-11H,1-5H3,(H,24,29)(H,22,25,28)/b21-10-. The molecule has 2 aromatic heterocycles. The molecule has 0 aliphatic rings. The lowest BCUT2D eigenvalue weighted by molar-refractivity contribution is 0.0947. The van der Waals surface area contributed by atoms with Crippen molar-refractivity contribution < 1.29 is 14.3 Å². The number of rotatable bonds is 7. The van der Waals surface area contributed by atoms with Gasteiger partial charge in [0.1, 0.15) is 11.4 Å². The second kappa shape index (κ2) is 9.20. The number of aromatic amines is 1. The van der Waals surface area contributed by atoms with Crippen LogP contribution in [0.1, 0.15) is 41.3 Å². The van der Waals surface area contributed by atoms with Crippen molar-refractivity contribution in [1.82, 2.24) is 30.4 Å². The third-order valence-corrected chi connectivity index (χ3v) is 4.04. The summed E-state index contributed by atoms with van der Waals surface area (Å²) in [7, 11) is 1.55. The Morgan fingerprint density at radius 1 is 1.23 bits per heavy atom. The van der Waals surface area contributed by atoms with E-state index in [0.29, 0.717) is 22.8 Å². The number of amides is 1. The highest BCUT2D eigenvalue weighted by atomic mass is 16.5. The lowest BCUT2D eigenvalue weighted by Gasteiger charge is -2.13. The van der Waals surface area contributed by atoms with Crippen molar-refractivity contribution in [2.75, 3.05) is 7.11 Å². The smallest absolute Gasteiger partial charge is 0.290 e. The summed E-state index contributed by atoms with van der Waals surface area (Å²) in [6.07, 6.45) is 1.48. The number of aromatic nitrogens is 5. The van der Waals surface area contributed by atoms with Crippen molar-refractivity contribution >= 4 is 12.1 Å². The van der Waals surface area contributed by atoms with E-state index in [9.17, 15) is 9.59 Å². The summed E-state index contributed by atoms with van der Waals surface area (Å²) in [5.74, 6) is 0.668. The minimum atomic E-state index is -0.535. The molecule has 0 atom stereocenters. The molecule has 162 valence electrons. The van der Waals surface area contributed by atoms with Gasteiger partial charge < -0.3 is 9.47 Å². The number of ether oxygens (including phenoxy) is 2. The molecule has 0 radical (unpaired) electrons. The fourth-order valence-electron chi connectivity index (χ4n) is 2.64. The van der Waals surface area contributed by atoms with Gasteiger partial charge in [0, 0.05) is 0 Å². The predicted molar refractivity (Wildman–Crippen MR) is 113 cm³/mol. The molecule has 0 unspecified atom stereocenters. The minimum absolute atomic E-state index is 0.00849. The number of carbonyl (C=O) groups is 1. The Bertz CT molecular complexity index is 1180. The molecule has 3 aromatic rings. The monoisotopic (exact) mass is 425 g/mol. The van der Waals surface area contributed by atoms with E-state index in [1.807, 2.05) is 13.8 Å².